The first-order valence-corrected chi connectivity index (χ1v) is 16.6. The van der Waals surface area contributed by atoms with Crippen molar-refractivity contribution in [2.24, 2.45) is 0 Å². The number of nitrogens with zero attached hydrogens (tertiary/aromatic N) is 2. The van der Waals surface area contributed by atoms with Crippen molar-refractivity contribution in [2.75, 3.05) is 17.1 Å². The summed E-state index contributed by atoms with van der Waals surface area (Å²) in [5.74, 6) is -0.521. The Hall–Kier alpha value is -3.07. The summed E-state index contributed by atoms with van der Waals surface area (Å²) >= 11 is 12.8. The predicted octanol–water partition coefficient (Wildman–Crippen LogP) is 6.40. The molecule has 0 heterocycles. The van der Waals surface area contributed by atoms with Gasteiger partial charge in [-0.05, 0) is 61.6 Å². The van der Waals surface area contributed by atoms with E-state index in [0.717, 1.165) is 18.2 Å². The number of benzene rings is 3. The Morgan fingerprint density at radius 2 is 1.57 bits per heavy atom. The molecule has 42 heavy (non-hydrogen) atoms. The van der Waals surface area contributed by atoms with Crippen molar-refractivity contribution in [3.05, 3.63) is 99.5 Å². The van der Waals surface area contributed by atoms with Crippen LogP contribution in [0.15, 0.2) is 72.8 Å². The molecule has 0 spiro atoms. The molecule has 0 saturated carbocycles. The van der Waals surface area contributed by atoms with Crippen LogP contribution in [0.4, 0.5) is 5.69 Å². The molecule has 1 N–H and O–H groups in total. The maximum Gasteiger partial charge on any atom is 0.243 e. The average molecular weight is 633 g/mol. The van der Waals surface area contributed by atoms with E-state index in [4.69, 9.17) is 23.2 Å². The van der Waals surface area contributed by atoms with Gasteiger partial charge in [-0.2, -0.15) is 0 Å². The summed E-state index contributed by atoms with van der Waals surface area (Å²) in [6.07, 6.45) is 2.46. The number of carbonyl (C=O) groups is 2. The number of carbonyl (C=O) groups excluding carboxylic acids is 2. The lowest BCUT2D eigenvalue weighted by Crippen LogP contribution is -2.52. The zero-order valence-electron chi connectivity index (χ0n) is 24.5. The molecule has 3 aromatic carbocycles. The molecule has 0 radical (unpaired) electrons. The van der Waals surface area contributed by atoms with Crippen LogP contribution in [0, 0.1) is 6.92 Å². The van der Waals surface area contributed by atoms with Crippen molar-refractivity contribution in [3.8, 4) is 0 Å². The molecule has 0 saturated heterocycles. The van der Waals surface area contributed by atoms with Crippen molar-refractivity contribution in [1.29, 1.82) is 0 Å². The first-order chi connectivity index (χ1) is 19.9. The molecule has 2 amide bonds. The fourth-order valence-electron chi connectivity index (χ4n) is 4.65. The van der Waals surface area contributed by atoms with Gasteiger partial charge in [-0.15, -0.1) is 0 Å². The number of sulfonamides is 1. The highest BCUT2D eigenvalue weighted by Crippen LogP contribution is 2.29. The van der Waals surface area contributed by atoms with Gasteiger partial charge >= 0.3 is 0 Å². The van der Waals surface area contributed by atoms with Crippen LogP contribution in [-0.4, -0.2) is 50.0 Å². The van der Waals surface area contributed by atoms with Crippen molar-refractivity contribution in [3.63, 3.8) is 0 Å². The van der Waals surface area contributed by atoms with Crippen molar-refractivity contribution in [1.82, 2.24) is 10.2 Å². The standard InChI is InChI=1S/C32H39Cl2N3O4S/c1-5-23(2)35-32(39)30(21-25-13-7-6-8-14-25)36(22-26-15-9-10-16-28(26)34)31(38)19-12-20-37(42(4,40)41)29-18-11-17-27(33)24(29)3/h6-11,13-18,23,30H,5,12,19-22H2,1-4H3,(H,35,39). The van der Waals surface area contributed by atoms with Gasteiger partial charge in [-0.3, -0.25) is 13.9 Å². The molecule has 0 aliphatic heterocycles. The fraction of sp³-hybridized carbons (Fsp3) is 0.375. The number of hydrogen-bond donors (Lipinski definition) is 1. The highest BCUT2D eigenvalue weighted by Gasteiger charge is 2.31. The van der Waals surface area contributed by atoms with E-state index in [9.17, 15) is 18.0 Å². The Kier molecular flexibility index (Phi) is 12.3. The lowest BCUT2D eigenvalue weighted by atomic mass is 10.0. The molecule has 2 unspecified atom stereocenters. The Labute approximate surface area is 259 Å². The summed E-state index contributed by atoms with van der Waals surface area (Å²) < 4.78 is 26.7. The molecule has 10 heteroatoms. The van der Waals surface area contributed by atoms with E-state index in [2.05, 4.69) is 5.32 Å². The van der Waals surface area contributed by atoms with Gasteiger partial charge in [0, 0.05) is 42.0 Å². The molecule has 0 aliphatic rings. The minimum atomic E-state index is -3.65. The lowest BCUT2D eigenvalue weighted by Gasteiger charge is -2.33. The highest BCUT2D eigenvalue weighted by molar-refractivity contribution is 7.92. The molecular formula is C32H39Cl2N3O4S. The van der Waals surface area contributed by atoms with E-state index in [1.54, 1.807) is 36.1 Å². The number of anilines is 1. The third kappa shape index (κ3) is 9.21. The number of nitrogens with one attached hydrogen (secondary N) is 1. The Bertz CT molecular complexity index is 1470. The molecule has 0 fully saturated rings. The van der Waals surface area contributed by atoms with Crippen LogP contribution >= 0.6 is 23.2 Å². The fourth-order valence-corrected chi connectivity index (χ4v) is 6.03. The molecule has 0 aromatic heterocycles. The number of hydrogen-bond acceptors (Lipinski definition) is 4. The minimum absolute atomic E-state index is 0.0258. The van der Waals surface area contributed by atoms with Gasteiger partial charge in [-0.25, -0.2) is 8.42 Å². The van der Waals surface area contributed by atoms with E-state index in [1.807, 2.05) is 62.4 Å². The van der Waals surface area contributed by atoms with Gasteiger partial charge in [-0.1, -0.05) is 84.7 Å². The van der Waals surface area contributed by atoms with E-state index in [1.165, 1.54) is 4.31 Å². The smallest absolute Gasteiger partial charge is 0.243 e. The Morgan fingerprint density at radius 1 is 0.929 bits per heavy atom. The summed E-state index contributed by atoms with van der Waals surface area (Å²) in [6.45, 7) is 5.88. The predicted molar refractivity (Wildman–Crippen MR) is 171 cm³/mol. The van der Waals surface area contributed by atoms with E-state index < -0.39 is 16.1 Å². The van der Waals surface area contributed by atoms with Gasteiger partial charge in [0.25, 0.3) is 0 Å². The first kappa shape index (κ1) is 33.4. The third-order valence-electron chi connectivity index (χ3n) is 7.23. The summed E-state index contributed by atoms with van der Waals surface area (Å²) in [4.78, 5) is 29.2. The van der Waals surface area contributed by atoms with Crippen LogP contribution in [0.3, 0.4) is 0 Å². The second kappa shape index (κ2) is 15.4. The maximum absolute atomic E-state index is 14.0. The second-order valence-corrected chi connectivity index (χ2v) is 13.2. The molecule has 3 rings (SSSR count). The van der Waals surface area contributed by atoms with Crippen LogP contribution in [0.1, 0.15) is 49.8 Å². The normalized spacial score (nSPS) is 12.8. The largest absolute Gasteiger partial charge is 0.352 e. The van der Waals surface area contributed by atoms with E-state index >= 15 is 0 Å². The van der Waals surface area contributed by atoms with Gasteiger partial charge in [0.2, 0.25) is 21.8 Å². The maximum atomic E-state index is 14.0. The lowest BCUT2D eigenvalue weighted by molar-refractivity contribution is -0.141. The van der Waals surface area contributed by atoms with Crippen molar-refractivity contribution < 1.29 is 18.0 Å². The van der Waals surface area contributed by atoms with E-state index in [-0.39, 0.29) is 43.8 Å². The van der Waals surface area contributed by atoms with Gasteiger partial charge in [0.15, 0.2) is 0 Å². The van der Waals surface area contributed by atoms with Gasteiger partial charge in [0.05, 0.1) is 11.9 Å². The molecule has 0 aliphatic carbocycles. The summed E-state index contributed by atoms with van der Waals surface area (Å²) in [6, 6.07) is 21.0. The van der Waals surface area contributed by atoms with E-state index in [0.29, 0.717) is 33.3 Å². The molecular weight excluding hydrogens is 593 g/mol. The number of rotatable bonds is 14. The summed E-state index contributed by atoms with van der Waals surface area (Å²) in [7, 11) is -3.65. The first-order valence-electron chi connectivity index (χ1n) is 14.0. The van der Waals surface area contributed by atoms with Gasteiger partial charge < -0.3 is 10.2 Å². The molecule has 7 nitrogen and oxygen atoms in total. The van der Waals surface area contributed by atoms with Gasteiger partial charge in [0.1, 0.15) is 6.04 Å². The second-order valence-electron chi connectivity index (χ2n) is 10.5. The summed E-state index contributed by atoms with van der Waals surface area (Å²) in [5.41, 5.74) is 2.74. The monoisotopic (exact) mass is 631 g/mol. The Morgan fingerprint density at radius 3 is 2.21 bits per heavy atom. The number of halogens is 2. The molecule has 3 aromatic rings. The van der Waals surface area contributed by atoms with Crippen LogP contribution in [-0.2, 0) is 32.6 Å². The Balaban J connectivity index is 1.92. The van der Waals surface area contributed by atoms with Crippen molar-refractivity contribution >= 4 is 50.7 Å². The topological polar surface area (TPSA) is 86.8 Å². The molecule has 0 bridgehead atoms. The average Bonchev–Trinajstić information content (AvgIpc) is 2.95. The third-order valence-corrected chi connectivity index (χ3v) is 9.19. The SMILES string of the molecule is CCC(C)NC(=O)C(Cc1ccccc1)N(Cc1ccccc1Cl)C(=O)CCCN(c1cccc(Cl)c1C)S(C)(=O)=O. The zero-order chi connectivity index (χ0) is 30.9. The minimum Gasteiger partial charge on any atom is -0.352 e. The summed E-state index contributed by atoms with van der Waals surface area (Å²) in [5, 5.41) is 4.00. The van der Waals surface area contributed by atoms with Crippen LogP contribution in [0.5, 0.6) is 0 Å². The van der Waals surface area contributed by atoms with Crippen LogP contribution in [0.25, 0.3) is 0 Å². The number of amides is 2. The molecule has 226 valence electrons. The van der Waals surface area contributed by atoms with Crippen molar-refractivity contribution in [2.45, 2.75) is 65.1 Å². The molecule has 2 atom stereocenters. The highest BCUT2D eigenvalue weighted by atomic mass is 35.5. The zero-order valence-corrected chi connectivity index (χ0v) is 26.8. The van der Waals surface area contributed by atoms with Crippen LogP contribution < -0.4 is 9.62 Å². The van der Waals surface area contributed by atoms with Crippen LogP contribution in [0.2, 0.25) is 10.0 Å². The quantitative estimate of drug-likeness (QED) is 0.223.